The fourth-order valence-corrected chi connectivity index (χ4v) is 2.93. The molecular formula is C19H32N2O2. The summed E-state index contributed by atoms with van der Waals surface area (Å²) in [7, 11) is 1.75. The third kappa shape index (κ3) is 7.10. The van der Waals surface area contributed by atoms with Crippen LogP contribution >= 0.6 is 0 Å². The van der Waals surface area contributed by atoms with Crippen molar-refractivity contribution in [2.75, 3.05) is 13.7 Å². The van der Waals surface area contributed by atoms with Crippen LogP contribution in [0.5, 0.6) is 0 Å². The maximum atomic E-state index is 11.9. The number of carbonyl (C=O) groups is 1. The molecule has 130 valence electrons. The van der Waals surface area contributed by atoms with Crippen molar-refractivity contribution >= 4 is 17.4 Å². The van der Waals surface area contributed by atoms with E-state index in [2.05, 4.69) is 4.99 Å². The molecule has 0 heterocycles. The zero-order valence-corrected chi connectivity index (χ0v) is 15.2. The SMILES string of the molecule is CCOC(=O)/C(=C/C(=NC)C(C)=NC1CCCCCCC1)CC. The normalized spacial score (nSPS) is 19.2. The maximum absolute atomic E-state index is 11.9. The second-order valence-electron chi connectivity index (χ2n) is 6.07. The van der Waals surface area contributed by atoms with Gasteiger partial charge < -0.3 is 4.74 Å². The molecule has 1 aliphatic carbocycles. The number of nitrogens with zero attached hydrogens (tertiary/aromatic N) is 2. The molecule has 4 nitrogen and oxygen atoms in total. The Morgan fingerprint density at radius 1 is 1.13 bits per heavy atom. The van der Waals surface area contributed by atoms with Crippen LogP contribution in [0.15, 0.2) is 21.6 Å². The van der Waals surface area contributed by atoms with E-state index in [-0.39, 0.29) is 5.97 Å². The Hall–Kier alpha value is -1.45. The van der Waals surface area contributed by atoms with Gasteiger partial charge in [-0.25, -0.2) is 4.79 Å². The monoisotopic (exact) mass is 320 g/mol. The summed E-state index contributed by atoms with van der Waals surface area (Å²) < 4.78 is 5.10. The Bertz CT molecular complexity index is 456. The van der Waals surface area contributed by atoms with E-state index in [0.717, 1.165) is 24.3 Å². The fourth-order valence-electron chi connectivity index (χ4n) is 2.93. The topological polar surface area (TPSA) is 51.0 Å². The summed E-state index contributed by atoms with van der Waals surface area (Å²) in [5.41, 5.74) is 2.37. The van der Waals surface area contributed by atoms with Crippen molar-refractivity contribution in [1.29, 1.82) is 0 Å². The number of aliphatic imine (C=N–C) groups is 2. The Morgan fingerprint density at radius 2 is 1.74 bits per heavy atom. The molecule has 1 saturated carbocycles. The zero-order chi connectivity index (χ0) is 17.1. The minimum absolute atomic E-state index is 0.255. The van der Waals surface area contributed by atoms with E-state index in [4.69, 9.17) is 9.73 Å². The van der Waals surface area contributed by atoms with Crippen molar-refractivity contribution < 1.29 is 9.53 Å². The van der Waals surface area contributed by atoms with Crippen LogP contribution in [0, 0.1) is 0 Å². The summed E-state index contributed by atoms with van der Waals surface area (Å²) in [5, 5.41) is 0. The number of carbonyl (C=O) groups excluding carboxylic acids is 1. The highest BCUT2D eigenvalue weighted by molar-refractivity contribution is 6.46. The molecule has 0 radical (unpaired) electrons. The van der Waals surface area contributed by atoms with Gasteiger partial charge in [0, 0.05) is 12.6 Å². The molecule has 1 aliphatic rings. The lowest BCUT2D eigenvalue weighted by Gasteiger charge is -2.17. The number of allylic oxidation sites excluding steroid dienone is 1. The van der Waals surface area contributed by atoms with Crippen LogP contribution in [0.1, 0.15) is 72.1 Å². The summed E-state index contributed by atoms with van der Waals surface area (Å²) in [5.74, 6) is -0.255. The van der Waals surface area contributed by atoms with Gasteiger partial charge in [-0.2, -0.15) is 0 Å². The third-order valence-corrected chi connectivity index (χ3v) is 4.29. The molecule has 23 heavy (non-hydrogen) atoms. The van der Waals surface area contributed by atoms with E-state index < -0.39 is 0 Å². The van der Waals surface area contributed by atoms with Gasteiger partial charge in [0.15, 0.2) is 0 Å². The molecule has 0 aromatic heterocycles. The van der Waals surface area contributed by atoms with E-state index in [9.17, 15) is 4.79 Å². The molecular weight excluding hydrogens is 288 g/mol. The number of hydrogen-bond donors (Lipinski definition) is 0. The average Bonchev–Trinajstić information content (AvgIpc) is 2.51. The smallest absolute Gasteiger partial charge is 0.334 e. The van der Waals surface area contributed by atoms with Gasteiger partial charge >= 0.3 is 5.97 Å². The first-order valence-electron chi connectivity index (χ1n) is 9.01. The van der Waals surface area contributed by atoms with Crippen molar-refractivity contribution in [2.45, 2.75) is 78.2 Å². The molecule has 0 saturated heterocycles. The lowest BCUT2D eigenvalue weighted by atomic mass is 9.97. The highest BCUT2D eigenvalue weighted by Gasteiger charge is 2.14. The van der Waals surface area contributed by atoms with Crippen molar-refractivity contribution in [3.63, 3.8) is 0 Å². The number of ether oxygens (including phenoxy) is 1. The van der Waals surface area contributed by atoms with Crippen LogP contribution in [0.4, 0.5) is 0 Å². The number of hydrogen-bond acceptors (Lipinski definition) is 4. The maximum Gasteiger partial charge on any atom is 0.334 e. The van der Waals surface area contributed by atoms with Crippen molar-refractivity contribution in [1.82, 2.24) is 0 Å². The Balaban J connectivity index is 2.85. The lowest BCUT2D eigenvalue weighted by Crippen LogP contribution is -2.17. The molecule has 0 bridgehead atoms. The quantitative estimate of drug-likeness (QED) is 0.410. The highest BCUT2D eigenvalue weighted by atomic mass is 16.5. The molecule has 4 heteroatoms. The van der Waals surface area contributed by atoms with Crippen molar-refractivity contribution in [2.24, 2.45) is 9.98 Å². The zero-order valence-electron chi connectivity index (χ0n) is 15.2. The van der Waals surface area contributed by atoms with E-state index in [1.165, 1.54) is 32.1 Å². The van der Waals surface area contributed by atoms with E-state index in [1.807, 2.05) is 26.8 Å². The predicted molar refractivity (Wildman–Crippen MR) is 97.6 cm³/mol. The van der Waals surface area contributed by atoms with Gasteiger partial charge in [0.05, 0.1) is 24.1 Å². The summed E-state index contributed by atoms with van der Waals surface area (Å²) in [6, 6.07) is 0.396. The molecule has 1 rings (SSSR count). The van der Waals surface area contributed by atoms with Crippen LogP contribution in [-0.2, 0) is 9.53 Å². The first kappa shape index (κ1) is 19.6. The minimum Gasteiger partial charge on any atom is -0.463 e. The van der Waals surface area contributed by atoms with E-state index in [0.29, 0.717) is 24.6 Å². The lowest BCUT2D eigenvalue weighted by molar-refractivity contribution is -0.138. The molecule has 0 aliphatic heterocycles. The van der Waals surface area contributed by atoms with Gasteiger partial charge in [0.25, 0.3) is 0 Å². The van der Waals surface area contributed by atoms with Crippen LogP contribution in [0.25, 0.3) is 0 Å². The summed E-state index contributed by atoms with van der Waals surface area (Å²) in [6.07, 6.45) is 11.3. The highest BCUT2D eigenvalue weighted by Crippen LogP contribution is 2.20. The average molecular weight is 320 g/mol. The summed E-state index contributed by atoms with van der Waals surface area (Å²) in [4.78, 5) is 21.2. The molecule has 0 N–H and O–H groups in total. The van der Waals surface area contributed by atoms with Crippen LogP contribution in [-0.4, -0.2) is 37.1 Å². The molecule has 0 aromatic rings. The van der Waals surface area contributed by atoms with Crippen LogP contribution in [0.2, 0.25) is 0 Å². The van der Waals surface area contributed by atoms with Crippen LogP contribution < -0.4 is 0 Å². The van der Waals surface area contributed by atoms with Gasteiger partial charge in [-0.1, -0.05) is 39.0 Å². The summed E-state index contributed by atoms with van der Waals surface area (Å²) in [6.45, 7) is 6.17. The predicted octanol–water partition coefficient (Wildman–Crippen LogP) is 4.53. The van der Waals surface area contributed by atoms with Gasteiger partial charge in [-0.05, 0) is 39.2 Å². The second-order valence-corrected chi connectivity index (χ2v) is 6.07. The largest absolute Gasteiger partial charge is 0.463 e. The van der Waals surface area contributed by atoms with Gasteiger partial charge in [-0.3, -0.25) is 9.98 Å². The number of esters is 1. The first-order valence-corrected chi connectivity index (χ1v) is 9.01. The Kier molecular flexibility index (Phi) is 9.49. The van der Waals surface area contributed by atoms with Crippen molar-refractivity contribution in [3.05, 3.63) is 11.6 Å². The second kappa shape index (κ2) is 11.1. The van der Waals surface area contributed by atoms with Gasteiger partial charge in [0.2, 0.25) is 0 Å². The molecule has 0 amide bonds. The standard InChI is InChI=1S/C19H32N2O2/c1-5-16(19(22)23-6-2)14-18(20-4)15(3)21-17-12-10-8-7-9-11-13-17/h14,17H,5-13H2,1-4H3/b16-14+,20-18?,21-15?. The molecule has 0 spiro atoms. The minimum atomic E-state index is -0.255. The Morgan fingerprint density at radius 3 is 2.26 bits per heavy atom. The van der Waals surface area contributed by atoms with Gasteiger partial charge in [-0.15, -0.1) is 0 Å². The number of rotatable bonds is 6. The molecule has 0 atom stereocenters. The van der Waals surface area contributed by atoms with Crippen molar-refractivity contribution in [3.8, 4) is 0 Å². The molecule has 1 fully saturated rings. The van der Waals surface area contributed by atoms with Crippen LogP contribution in [0.3, 0.4) is 0 Å². The Labute approximate surface area is 141 Å². The van der Waals surface area contributed by atoms with E-state index in [1.54, 1.807) is 7.05 Å². The first-order chi connectivity index (χ1) is 11.1. The molecule has 0 unspecified atom stereocenters. The molecule has 0 aromatic carbocycles. The van der Waals surface area contributed by atoms with E-state index >= 15 is 0 Å². The fraction of sp³-hybridized carbons (Fsp3) is 0.737. The van der Waals surface area contributed by atoms with Gasteiger partial charge in [0.1, 0.15) is 0 Å². The third-order valence-electron chi connectivity index (χ3n) is 4.29. The summed E-state index contributed by atoms with van der Waals surface area (Å²) >= 11 is 0.